The molecule has 1 N–H and O–H groups in total. The predicted molar refractivity (Wildman–Crippen MR) is 137 cm³/mol. The topological polar surface area (TPSA) is 47.9 Å². The van der Waals surface area contributed by atoms with Gasteiger partial charge in [-0.1, -0.05) is 106 Å². The molecule has 0 aromatic heterocycles. The zero-order chi connectivity index (χ0) is 23.8. The quantitative estimate of drug-likeness (QED) is 0.535. The van der Waals surface area contributed by atoms with Gasteiger partial charge in [-0.05, 0) is 26.5 Å². The van der Waals surface area contributed by atoms with E-state index in [9.17, 15) is 5.11 Å². The second-order valence-electron chi connectivity index (χ2n) is 10.6. The Morgan fingerprint density at radius 2 is 1.56 bits per heavy atom. The molecule has 2 aliphatic heterocycles. The molecule has 5 rings (SSSR count). The Balaban J connectivity index is 1.49. The van der Waals surface area contributed by atoms with Crippen molar-refractivity contribution in [2.45, 2.75) is 63.3 Å². The van der Waals surface area contributed by atoms with E-state index in [1.807, 2.05) is 12.1 Å². The van der Waals surface area contributed by atoms with Crippen molar-refractivity contribution < 1.29 is 19.0 Å². The fraction of sp³-hybridized carbons (Fsp3) is 0.379. The van der Waals surface area contributed by atoms with Crippen LogP contribution in [0, 0.1) is 0 Å². The minimum atomic E-state index is -2.62. The number of ether oxygens (including phenoxy) is 2. The van der Waals surface area contributed by atoms with Crippen LogP contribution in [0.15, 0.2) is 84.9 Å². The van der Waals surface area contributed by atoms with Crippen molar-refractivity contribution >= 4 is 18.7 Å². The van der Waals surface area contributed by atoms with Crippen LogP contribution in [0.4, 0.5) is 0 Å². The van der Waals surface area contributed by atoms with Gasteiger partial charge in [0, 0.05) is 12.8 Å². The summed E-state index contributed by atoms with van der Waals surface area (Å²) in [5.74, 6) is 0. The van der Waals surface area contributed by atoms with Crippen LogP contribution >= 0.6 is 0 Å². The van der Waals surface area contributed by atoms with Crippen LogP contribution in [0.25, 0.3) is 0 Å². The van der Waals surface area contributed by atoms with Gasteiger partial charge in [0.15, 0.2) is 6.29 Å². The maximum Gasteiger partial charge on any atom is 0.261 e. The van der Waals surface area contributed by atoms with Crippen molar-refractivity contribution in [3.63, 3.8) is 0 Å². The van der Waals surface area contributed by atoms with E-state index in [0.29, 0.717) is 26.1 Å². The molecule has 0 aliphatic carbocycles. The van der Waals surface area contributed by atoms with Crippen molar-refractivity contribution in [1.82, 2.24) is 0 Å². The molecule has 178 valence electrons. The molecular weight excluding hydrogens is 440 g/mol. The highest BCUT2D eigenvalue weighted by Gasteiger charge is 2.50. The maximum atomic E-state index is 11.5. The summed E-state index contributed by atoms with van der Waals surface area (Å²) in [7, 11) is -2.62. The third-order valence-corrected chi connectivity index (χ3v) is 12.2. The molecule has 2 fully saturated rings. The van der Waals surface area contributed by atoms with Gasteiger partial charge in [0.05, 0.1) is 24.9 Å². The first-order chi connectivity index (χ1) is 16.3. The average molecular weight is 475 g/mol. The minimum Gasteiger partial charge on any atom is -0.403 e. The number of fused-ring (bicyclic) bond motifs is 2. The first kappa shape index (κ1) is 23.5. The molecule has 3 atom stereocenters. The van der Waals surface area contributed by atoms with Gasteiger partial charge in [0.1, 0.15) is 0 Å². The van der Waals surface area contributed by atoms with Crippen LogP contribution in [-0.4, -0.2) is 32.4 Å². The van der Waals surface area contributed by atoms with Gasteiger partial charge in [-0.3, -0.25) is 0 Å². The van der Waals surface area contributed by atoms with E-state index in [0.717, 1.165) is 11.1 Å². The predicted octanol–water partition coefficient (Wildman–Crippen LogP) is 4.49. The molecule has 2 bridgehead atoms. The fourth-order valence-electron chi connectivity index (χ4n) is 5.60. The molecule has 34 heavy (non-hydrogen) atoms. The molecule has 3 aromatic carbocycles. The lowest BCUT2D eigenvalue weighted by atomic mass is 9.83. The van der Waals surface area contributed by atoms with E-state index in [1.54, 1.807) is 0 Å². The van der Waals surface area contributed by atoms with Crippen LogP contribution in [0.5, 0.6) is 0 Å². The van der Waals surface area contributed by atoms with Crippen molar-refractivity contribution in [3.8, 4) is 0 Å². The summed E-state index contributed by atoms with van der Waals surface area (Å²) in [4.78, 5) is 0. The Morgan fingerprint density at radius 1 is 0.912 bits per heavy atom. The Morgan fingerprint density at radius 3 is 2.15 bits per heavy atom. The largest absolute Gasteiger partial charge is 0.403 e. The van der Waals surface area contributed by atoms with E-state index in [1.165, 1.54) is 10.4 Å². The molecule has 0 radical (unpaired) electrons. The van der Waals surface area contributed by atoms with Crippen molar-refractivity contribution in [1.29, 1.82) is 0 Å². The van der Waals surface area contributed by atoms with Gasteiger partial charge >= 0.3 is 0 Å². The standard InChI is InChI=1S/C29H34O4Si/c1-28(2,3)34(25-13-6-4-7-14-25,26-15-8-5-9-16-26)32-20-22-11-10-12-23(17-22)29(30)18-24-21-31-27(19-29)33-24/h4-17,24,27,30H,18-21H2,1-3H3/t24-,27+,29-/m1/s1. The molecule has 4 nitrogen and oxygen atoms in total. The van der Waals surface area contributed by atoms with E-state index < -0.39 is 13.9 Å². The number of hydrogen-bond donors (Lipinski definition) is 1. The Kier molecular flexibility index (Phi) is 6.25. The highest BCUT2D eigenvalue weighted by molar-refractivity contribution is 6.99. The van der Waals surface area contributed by atoms with Crippen LogP contribution in [0.1, 0.15) is 44.7 Å². The summed E-state index contributed by atoms with van der Waals surface area (Å²) in [6.07, 6.45) is 0.659. The number of benzene rings is 3. The molecule has 2 saturated heterocycles. The zero-order valence-corrected chi connectivity index (χ0v) is 21.2. The van der Waals surface area contributed by atoms with Crippen LogP contribution in [-0.2, 0) is 26.1 Å². The van der Waals surface area contributed by atoms with Crippen LogP contribution in [0.2, 0.25) is 5.04 Å². The van der Waals surface area contributed by atoms with E-state index >= 15 is 0 Å². The second-order valence-corrected chi connectivity index (χ2v) is 14.9. The maximum absolute atomic E-state index is 11.5. The lowest BCUT2D eigenvalue weighted by molar-refractivity contribution is -0.159. The molecule has 0 spiro atoms. The van der Waals surface area contributed by atoms with Crippen molar-refractivity contribution in [2.75, 3.05) is 6.61 Å². The van der Waals surface area contributed by atoms with Gasteiger partial charge in [-0.25, -0.2) is 0 Å². The summed E-state index contributed by atoms with van der Waals surface area (Å²) in [5.41, 5.74) is 1.05. The second kappa shape index (κ2) is 9.06. The molecular formula is C29H34O4Si. The first-order valence-corrected chi connectivity index (χ1v) is 14.0. The fourth-order valence-corrected chi connectivity index (χ4v) is 10.1. The third kappa shape index (κ3) is 4.27. The smallest absolute Gasteiger partial charge is 0.261 e. The normalized spacial score (nSPS) is 24.8. The lowest BCUT2D eigenvalue weighted by Crippen LogP contribution is -2.66. The summed E-state index contributed by atoms with van der Waals surface area (Å²) >= 11 is 0. The summed E-state index contributed by atoms with van der Waals surface area (Å²) in [5, 5.41) is 13.9. The van der Waals surface area contributed by atoms with Crippen molar-refractivity contribution in [3.05, 3.63) is 96.1 Å². The number of rotatable bonds is 6. The highest BCUT2D eigenvalue weighted by Crippen LogP contribution is 2.42. The monoisotopic (exact) mass is 474 g/mol. The van der Waals surface area contributed by atoms with Gasteiger partial charge in [0.2, 0.25) is 0 Å². The SMILES string of the molecule is CC(C)(C)[Si](OCc1cccc([C@@]2(O)C[C@@H]3CO[C@H](C2)O3)c1)(c1ccccc1)c1ccccc1. The van der Waals surface area contributed by atoms with E-state index in [-0.39, 0.29) is 17.4 Å². The van der Waals surface area contributed by atoms with Crippen molar-refractivity contribution in [2.24, 2.45) is 0 Å². The molecule has 0 saturated carbocycles. The van der Waals surface area contributed by atoms with E-state index in [2.05, 4.69) is 93.6 Å². The van der Waals surface area contributed by atoms with Gasteiger partial charge < -0.3 is 19.0 Å². The number of hydrogen-bond acceptors (Lipinski definition) is 4. The Bertz CT molecular complexity index is 1060. The van der Waals surface area contributed by atoms with Gasteiger partial charge in [-0.15, -0.1) is 0 Å². The Labute approximate surface area is 203 Å². The first-order valence-electron chi connectivity index (χ1n) is 12.1. The molecule has 0 amide bonds. The molecule has 3 aromatic rings. The Hall–Kier alpha value is -2.28. The average Bonchev–Trinajstić information content (AvgIpc) is 3.19. The molecule has 2 aliphatic rings. The molecule has 5 heteroatoms. The summed E-state index contributed by atoms with van der Waals surface area (Å²) in [6.45, 7) is 7.91. The highest BCUT2D eigenvalue weighted by atomic mass is 28.4. The van der Waals surface area contributed by atoms with Crippen LogP contribution < -0.4 is 10.4 Å². The molecule has 2 heterocycles. The lowest BCUT2D eigenvalue weighted by Gasteiger charge is -2.43. The zero-order valence-electron chi connectivity index (χ0n) is 20.2. The number of aliphatic hydroxyl groups is 1. The van der Waals surface area contributed by atoms with Gasteiger partial charge in [-0.2, -0.15) is 0 Å². The minimum absolute atomic E-state index is 0.0410. The van der Waals surface area contributed by atoms with Crippen LogP contribution in [0.3, 0.4) is 0 Å². The third-order valence-electron chi connectivity index (χ3n) is 7.22. The van der Waals surface area contributed by atoms with Gasteiger partial charge in [0.25, 0.3) is 8.32 Å². The molecule has 0 unspecified atom stereocenters. The van der Waals surface area contributed by atoms with E-state index in [4.69, 9.17) is 13.9 Å². The summed E-state index contributed by atoms with van der Waals surface area (Å²) < 4.78 is 18.5. The summed E-state index contributed by atoms with van der Waals surface area (Å²) in [6, 6.07) is 29.6.